The number of benzene rings is 1. The highest BCUT2D eigenvalue weighted by molar-refractivity contribution is 5.75. The maximum Gasteiger partial charge on any atom is 0.222 e. The van der Waals surface area contributed by atoms with Crippen molar-refractivity contribution in [2.24, 2.45) is 5.73 Å². The minimum atomic E-state index is 0.0896. The minimum Gasteiger partial charge on any atom is -0.494 e. The predicted molar refractivity (Wildman–Crippen MR) is 77.1 cm³/mol. The Labute approximate surface area is 115 Å². The van der Waals surface area contributed by atoms with Gasteiger partial charge in [-0.15, -0.1) is 0 Å². The first kappa shape index (κ1) is 15.5. The van der Waals surface area contributed by atoms with Gasteiger partial charge in [-0.1, -0.05) is 19.1 Å². The molecule has 0 saturated heterocycles. The van der Waals surface area contributed by atoms with E-state index in [1.165, 1.54) is 0 Å². The van der Waals surface area contributed by atoms with Gasteiger partial charge in [0, 0.05) is 26.6 Å². The lowest BCUT2D eigenvalue weighted by Crippen LogP contribution is -2.21. The highest BCUT2D eigenvalue weighted by Gasteiger charge is 2.05. The highest BCUT2D eigenvalue weighted by atomic mass is 16.5. The van der Waals surface area contributed by atoms with Gasteiger partial charge in [0.25, 0.3) is 0 Å². The average Bonchev–Trinajstić information content (AvgIpc) is 2.43. The minimum absolute atomic E-state index is 0.0896. The van der Waals surface area contributed by atoms with Gasteiger partial charge in [0.05, 0.1) is 6.61 Å². The summed E-state index contributed by atoms with van der Waals surface area (Å²) < 4.78 is 5.59. The van der Waals surface area contributed by atoms with E-state index in [9.17, 15) is 4.79 Å². The second-order valence-corrected chi connectivity index (χ2v) is 4.82. The lowest BCUT2D eigenvalue weighted by Gasteiger charge is -2.12. The van der Waals surface area contributed by atoms with E-state index in [4.69, 9.17) is 10.5 Å². The zero-order chi connectivity index (χ0) is 14.3. The molecular weight excluding hydrogens is 240 g/mol. The van der Waals surface area contributed by atoms with Crippen molar-refractivity contribution in [3.8, 4) is 5.75 Å². The van der Waals surface area contributed by atoms with Crippen molar-refractivity contribution in [3.05, 3.63) is 29.8 Å². The molecule has 1 aromatic carbocycles. The van der Waals surface area contributed by atoms with E-state index in [1.807, 2.05) is 24.3 Å². The van der Waals surface area contributed by atoms with E-state index < -0.39 is 0 Å². The number of rotatable bonds is 7. The summed E-state index contributed by atoms with van der Waals surface area (Å²) in [5, 5.41) is 0. The van der Waals surface area contributed by atoms with Crippen LogP contribution in [0, 0.1) is 0 Å². The first-order chi connectivity index (χ1) is 9.04. The summed E-state index contributed by atoms with van der Waals surface area (Å²) in [5.41, 5.74) is 7.07. The number of ether oxygens (including phenoxy) is 1. The van der Waals surface area contributed by atoms with Crippen molar-refractivity contribution in [1.29, 1.82) is 0 Å². The van der Waals surface area contributed by atoms with Crippen LogP contribution in [-0.4, -0.2) is 31.5 Å². The first-order valence-corrected chi connectivity index (χ1v) is 6.73. The van der Waals surface area contributed by atoms with E-state index in [0.717, 1.165) is 24.2 Å². The van der Waals surface area contributed by atoms with Gasteiger partial charge in [0.1, 0.15) is 5.75 Å². The Bertz CT molecular complexity index is 388. The standard InChI is InChI=1S/C15H24N2O2/c1-4-14(16)12-7-9-13(10-8-12)19-11-5-6-15(18)17(2)3/h7-10,14H,4-6,11,16H2,1-3H3/t14-/m0/s1. The third-order valence-electron chi connectivity index (χ3n) is 3.05. The van der Waals surface area contributed by atoms with E-state index in [2.05, 4.69) is 6.92 Å². The van der Waals surface area contributed by atoms with Crippen LogP contribution < -0.4 is 10.5 Å². The number of amides is 1. The molecule has 0 aliphatic rings. The molecule has 0 heterocycles. The molecule has 4 nitrogen and oxygen atoms in total. The fourth-order valence-corrected chi connectivity index (χ4v) is 1.68. The predicted octanol–water partition coefficient (Wildman–Crippen LogP) is 2.34. The zero-order valence-corrected chi connectivity index (χ0v) is 12.1. The largest absolute Gasteiger partial charge is 0.494 e. The molecule has 0 aromatic heterocycles. The molecule has 1 rings (SSSR count). The van der Waals surface area contributed by atoms with Crippen molar-refractivity contribution < 1.29 is 9.53 Å². The molecule has 1 atom stereocenters. The van der Waals surface area contributed by atoms with E-state index >= 15 is 0 Å². The topological polar surface area (TPSA) is 55.6 Å². The van der Waals surface area contributed by atoms with Gasteiger partial charge in [0.2, 0.25) is 5.91 Å². The summed E-state index contributed by atoms with van der Waals surface area (Å²) in [6.45, 7) is 2.62. The van der Waals surface area contributed by atoms with Gasteiger partial charge >= 0.3 is 0 Å². The highest BCUT2D eigenvalue weighted by Crippen LogP contribution is 2.18. The maximum atomic E-state index is 11.4. The van der Waals surface area contributed by atoms with Crippen LogP contribution in [0.1, 0.15) is 37.8 Å². The molecule has 0 spiro atoms. The molecule has 1 aromatic rings. The second kappa shape index (κ2) is 7.79. The number of nitrogens with two attached hydrogens (primary N) is 1. The number of nitrogens with zero attached hydrogens (tertiary/aromatic N) is 1. The molecule has 1 amide bonds. The zero-order valence-electron chi connectivity index (χ0n) is 12.1. The molecule has 0 aliphatic carbocycles. The monoisotopic (exact) mass is 264 g/mol. The van der Waals surface area contributed by atoms with Crippen molar-refractivity contribution in [3.63, 3.8) is 0 Å². The average molecular weight is 264 g/mol. The van der Waals surface area contributed by atoms with Crippen LogP contribution in [0.3, 0.4) is 0 Å². The third-order valence-corrected chi connectivity index (χ3v) is 3.05. The van der Waals surface area contributed by atoms with Gasteiger partial charge < -0.3 is 15.4 Å². The summed E-state index contributed by atoms with van der Waals surface area (Å²) in [6, 6.07) is 7.94. The number of carbonyl (C=O) groups excluding carboxylic acids is 1. The second-order valence-electron chi connectivity index (χ2n) is 4.82. The lowest BCUT2D eigenvalue weighted by molar-refractivity contribution is -0.128. The van der Waals surface area contributed by atoms with E-state index in [1.54, 1.807) is 19.0 Å². The van der Waals surface area contributed by atoms with Crippen molar-refractivity contribution in [2.75, 3.05) is 20.7 Å². The SMILES string of the molecule is CC[C@H](N)c1ccc(OCCCC(=O)N(C)C)cc1. The van der Waals surface area contributed by atoms with Gasteiger partial charge in [-0.3, -0.25) is 4.79 Å². The maximum absolute atomic E-state index is 11.4. The Balaban J connectivity index is 2.32. The molecule has 2 N–H and O–H groups in total. The molecule has 0 unspecified atom stereocenters. The summed E-state index contributed by atoms with van der Waals surface area (Å²) >= 11 is 0. The molecule has 0 radical (unpaired) electrons. The Morgan fingerprint density at radius 2 is 1.95 bits per heavy atom. The molecule has 0 bridgehead atoms. The Hall–Kier alpha value is -1.55. The number of carbonyl (C=O) groups is 1. The fraction of sp³-hybridized carbons (Fsp3) is 0.533. The number of hydrogen-bond acceptors (Lipinski definition) is 3. The van der Waals surface area contributed by atoms with Crippen LogP contribution in [0.4, 0.5) is 0 Å². The molecule has 4 heteroatoms. The summed E-state index contributed by atoms with van der Waals surface area (Å²) in [5.74, 6) is 0.956. The third kappa shape index (κ3) is 5.30. The molecule has 0 saturated carbocycles. The molecule has 106 valence electrons. The smallest absolute Gasteiger partial charge is 0.222 e. The Morgan fingerprint density at radius 3 is 2.47 bits per heavy atom. The summed E-state index contributed by atoms with van der Waals surface area (Å²) in [6.07, 6.45) is 2.17. The Kier molecular flexibility index (Phi) is 6.36. The lowest BCUT2D eigenvalue weighted by atomic mass is 10.1. The molecule has 0 aliphatic heterocycles. The van der Waals surface area contributed by atoms with Gasteiger partial charge in [-0.25, -0.2) is 0 Å². The molecule has 19 heavy (non-hydrogen) atoms. The fourth-order valence-electron chi connectivity index (χ4n) is 1.68. The van der Waals surface area contributed by atoms with Crippen LogP contribution >= 0.6 is 0 Å². The van der Waals surface area contributed by atoms with Crippen LogP contribution in [0.15, 0.2) is 24.3 Å². The Morgan fingerprint density at radius 1 is 1.32 bits per heavy atom. The van der Waals surface area contributed by atoms with E-state index in [0.29, 0.717) is 13.0 Å². The molecule has 0 fully saturated rings. The van der Waals surface area contributed by atoms with Crippen LogP contribution in [-0.2, 0) is 4.79 Å². The van der Waals surface area contributed by atoms with Gasteiger partial charge in [-0.05, 0) is 30.5 Å². The normalized spacial score (nSPS) is 12.0. The first-order valence-electron chi connectivity index (χ1n) is 6.73. The van der Waals surface area contributed by atoms with Crippen LogP contribution in [0.2, 0.25) is 0 Å². The van der Waals surface area contributed by atoms with Crippen molar-refractivity contribution in [1.82, 2.24) is 4.90 Å². The van der Waals surface area contributed by atoms with Gasteiger partial charge in [-0.2, -0.15) is 0 Å². The van der Waals surface area contributed by atoms with Gasteiger partial charge in [0.15, 0.2) is 0 Å². The van der Waals surface area contributed by atoms with Crippen molar-refractivity contribution in [2.45, 2.75) is 32.2 Å². The van der Waals surface area contributed by atoms with Crippen molar-refractivity contribution >= 4 is 5.91 Å². The quantitative estimate of drug-likeness (QED) is 0.769. The van der Waals surface area contributed by atoms with Crippen LogP contribution in [0.25, 0.3) is 0 Å². The summed E-state index contributed by atoms with van der Waals surface area (Å²) in [4.78, 5) is 13.0. The van der Waals surface area contributed by atoms with Crippen LogP contribution in [0.5, 0.6) is 5.75 Å². The van der Waals surface area contributed by atoms with E-state index in [-0.39, 0.29) is 11.9 Å². The molecular formula is C15H24N2O2. The summed E-state index contributed by atoms with van der Waals surface area (Å²) in [7, 11) is 3.53. The number of hydrogen-bond donors (Lipinski definition) is 1.